The number of rotatable bonds is 3. The van der Waals surface area contributed by atoms with Crippen molar-refractivity contribution in [3.63, 3.8) is 0 Å². The summed E-state index contributed by atoms with van der Waals surface area (Å²) in [5.74, 6) is 0. The van der Waals surface area contributed by atoms with Crippen molar-refractivity contribution in [1.82, 2.24) is 4.57 Å². The van der Waals surface area contributed by atoms with Gasteiger partial charge in [-0.2, -0.15) is 0 Å². The molecule has 0 N–H and O–H groups in total. The molecule has 0 saturated heterocycles. The van der Waals surface area contributed by atoms with E-state index < -0.39 is 0 Å². The van der Waals surface area contributed by atoms with Crippen molar-refractivity contribution in [1.29, 1.82) is 0 Å². The summed E-state index contributed by atoms with van der Waals surface area (Å²) < 4.78 is 2.42. The number of hydrogen-bond donors (Lipinski definition) is 0. The van der Waals surface area contributed by atoms with Gasteiger partial charge in [0, 0.05) is 28.4 Å². The molecule has 0 spiro atoms. The number of hydrogen-bond acceptors (Lipinski definition) is 0. The monoisotopic (exact) mass is 373 g/mol. The van der Waals surface area contributed by atoms with Gasteiger partial charge in [-0.3, -0.25) is 0 Å². The SMILES string of the molecule is CCn1c2ccccc2c2cc(Cc3cccc4c3Cc3ccccc3-4)ccc21. The second kappa shape index (κ2) is 6.35. The number of aryl methyl sites for hydroxylation is 1. The van der Waals surface area contributed by atoms with Crippen LogP contribution in [0.4, 0.5) is 0 Å². The van der Waals surface area contributed by atoms with Gasteiger partial charge in [0.05, 0.1) is 0 Å². The molecule has 0 atom stereocenters. The average Bonchev–Trinajstić information content (AvgIpc) is 3.30. The van der Waals surface area contributed by atoms with Gasteiger partial charge in [0.1, 0.15) is 0 Å². The number of fused-ring (bicyclic) bond motifs is 6. The molecular weight excluding hydrogens is 350 g/mol. The summed E-state index contributed by atoms with van der Waals surface area (Å²) in [5, 5.41) is 2.73. The fourth-order valence-corrected chi connectivity index (χ4v) is 5.16. The Labute approximate surface area is 171 Å². The first-order valence-electron chi connectivity index (χ1n) is 10.5. The maximum Gasteiger partial charge on any atom is 0.0491 e. The standard InChI is InChI=1S/C28H23N/c1-2-29-27-13-6-5-11-24(27)26-17-19(14-15-28(26)29)16-20-9-7-12-23-22-10-4-3-8-21(22)18-25(20)23/h3-15,17H,2,16,18H2,1H3. The van der Waals surface area contributed by atoms with Gasteiger partial charge >= 0.3 is 0 Å². The molecule has 1 heteroatoms. The molecule has 1 nitrogen and oxygen atoms in total. The van der Waals surface area contributed by atoms with Gasteiger partial charge in [-0.15, -0.1) is 0 Å². The topological polar surface area (TPSA) is 4.93 Å². The normalized spacial score (nSPS) is 12.4. The van der Waals surface area contributed by atoms with Crippen LogP contribution in [0.3, 0.4) is 0 Å². The molecule has 1 aliphatic rings. The van der Waals surface area contributed by atoms with Crippen LogP contribution in [-0.4, -0.2) is 4.57 Å². The van der Waals surface area contributed by atoms with Crippen LogP contribution in [0.2, 0.25) is 0 Å². The third-order valence-corrected chi connectivity index (χ3v) is 6.50. The summed E-state index contributed by atoms with van der Waals surface area (Å²) in [6.07, 6.45) is 2.04. The summed E-state index contributed by atoms with van der Waals surface area (Å²) >= 11 is 0. The zero-order valence-electron chi connectivity index (χ0n) is 16.7. The maximum absolute atomic E-state index is 2.42. The fourth-order valence-electron chi connectivity index (χ4n) is 5.16. The van der Waals surface area contributed by atoms with Gasteiger partial charge in [-0.25, -0.2) is 0 Å². The van der Waals surface area contributed by atoms with Crippen molar-refractivity contribution in [2.24, 2.45) is 0 Å². The third-order valence-electron chi connectivity index (χ3n) is 6.50. The first-order valence-corrected chi connectivity index (χ1v) is 10.5. The molecule has 1 heterocycles. The smallest absolute Gasteiger partial charge is 0.0491 e. The highest BCUT2D eigenvalue weighted by Crippen LogP contribution is 2.39. The Morgan fingerprint density at radius 3 is 2.45 bits per heavy atom. The highest BCUT2D eigenvalue weighted by Gasteiger charge is 2.20. The molecule has 1 aliphatic carbocycles. The Balaban J connectivity index is 1.46. The highest BCUT2D eigenvalue weighted by atomic mass is 15.0. The molecule has 0 radical (unpaired) electrons. The molecule has 4 aromatic carbocycles. The largest absolute Gasteiger partial charge is 0.341 e. The van der Waals surface area contributed by atoms with Gasteiger partial charge in [-0.1, -0.05) is 66.7 Å². The minimum absolute atomic E-state index is 0.985. The predicted octanol–water partition coefficient (Wildman–Crippen LogP) is 6.98. The lowest BCUT2D eigenvalue weighted by Gasteiger charge is -2.10. The van der Waals surface area contributed by atoms with Crippen molar-refractivity contribution in [3.05, 3.63) is 107 Å². The Bertz CT molecular complexity index is 1390. The van der Waals surface area contributed by atoms with Crippen molar-refractivity contribution in [2.45, 2.75) is 26.3 Å². The Morgan fingerprint density at radius 2 is 1.52 bits per heavy atom. The number of nitrogens with zero attached hydrogens (tertiary/aromatic N) is 1. The van der Waals surface area contributed by atoms with Gasteiger partial charge in [-0.05, 0) is 71.3 Å². The Kier molecular flexibility index (Phi) is 3.64. The first-order chi connectivity index (χ1) is 14.3. The van der Waals surface area contributed by atoms with E-state index in [1.54, 1.807) is 0 Å². The van der Waals surface area contributed by atoms with Crippen LogP contribution in [-0.2, 0) is 19.4 Å². The molecule has 0 amide bonds. The third kappa shape index (κ3) is 2.47. The lowest BCUT2D eigenvalue weighted by atomic mass is 9.95. The van der Waals surface area contributed by atoms with E-state index >= 15 is 0 Å². The minimum Gasteiger partial charge on any atom is -0.341 e. The first kappa shape index (κ1) is 16.6. The van der Waals surface area contributed by atoms with Gasteiger partial charge < -0.3 is 4.57 Å². The predicted molar refractivity (Wildman–Crippen MR) is 123 cm³/mol. The second-order valence-corrected chi connectivity index (χ2v) is 8.07. The molecular formula is C28H23N. The van der Waals surface area contributed by atoms with E-state index in [1.165, 1.54) is 55.2 Å². The molecule has 0 saturated carbocycles. The van der Waals surface area contributed by atoms with Crippen LogP contribution < -0.4 is 0 Å². The average molecular weight is 373 g/mol. The molecule has 1 aromatic heterocycles. The van der Waals surface area contributed by atoms with Crippen LogP contribution in [0.1, 0.15) is 29.2 Å². The second-order valence-electron chi connectivity index (χ2n) is 8.07. The molecule has 0 unspecified atom stereocenters. The van der Waals surface area contributed by atoms with Crippen molar-refractivity contribution in [3.8, 4) is 11.1 Å². The molecule has 140 valence electrons. The van der Waals surface area contributed by atoms with Crippen LogP contribution in [0.25, 0.3) is 32.9 Å². The van der Waals surface area contributed by atoms with E-state index in [4.69, 9.17) is 0 Å². The molecule has 5 aromatic rings. The van der Waals surface area contributed by atoms with Crippen LogP contribution in [0, 0.1) is 0 Å². The van der Waals surface area contributed by atoms with Crippen molar-refractivity contribution < 1.29 is 0 Å². The molecule has 0 bridgehead atoms. The lowest BCUT2D eigenvalue weighted by molar-refractivity contribution is 0.827. The summed E-state index contributed by atoms with van der Waals surface area (Å²) in [6.45, 7) is 3.22. The lowest BCUT2D eigenvalue weighted by Crippen LogP contribution is -1.96. The van der Waals surface area contributed by atoms with Gasteiger partial charge in [0.25, 0.3) is 0 Å². The molecule has 0 aliphatic heterocycles. The van der Waals surface area contributed by atoms with Gasteiger partial charge in [0.2, 0.25) is 0 Å². The van der Waals surface area contributed by atoms with E-state index in [1.807, 2.05) is 0 Å². The van der Waals surface area contributed by atoms with Gasteiger partial charge in [0.15, 0.2) is 0 Å². The van der Waals surface area contributed by atoms with E-state index in [2.05, 4.69) is 96.4 Å². The number of para-hydroxylation sites is 1. The fraction of sp³-hybridized carbons (Fsp3) is 0.143. The van der Waals surface area contributed by atoms with Crippen molar-refractivity contribution in [2.75, 3.05) is 0 Å². The summed E-state index contributed by atoms with van der Waals surface area (Å²) in [6, 6.07) is 31.5. The molecule has 29 heavy (non-hydrogen) atoms. The number of benzene rings is 4. The van der Waals surface area contributed by atoms with E-state index in [-0.39, 0.29) is 0 Å². The van der Waals surface area contributed by atoms with Crippen LogP contribution >= 0.6 is 0 Å². The maximum atomic E-state index is 2.42. The summed E-state index contributed by atoms with van der Waals surface area (Å²) in [4.78, 5) is 0. The zero-order chi connectivity index (χ0) is 19.4. The Hall–Kier alpha value is -3.32. The van der Waals surface area contributed by atoms with E-state index in [0.29, 0.717) is 0 Å². The summed E-state index contributed by atoms with van der Waals surface area (Å²) in [7, 11) is 0. The van der Waals surface area contributed by atoms with E-state index in [0.717, 1.165) is 19.4 Å². The molecule has 6 rings (SSSR count). The van der Waals surface area contributed by atoms with E-state index in [9.17, 15) is 0 Å². The van der Waals surface area contributed by atoms with Crippen LogP contribution in [0.15, 0.2) is 84.9 Å². The quantitative estimate of drug-likeness (QED) is 0.315. The minimum atomic E-state index is 0.985. The molecule has 0 fully saturated rings. The van der Waals surface area contributed by atoms with Crippen molar-refractivity contribution >= 4 is 21.8 Å². The highest BCUT2D eigenvalue weighted by molar-refractivity contribution is 6.08. The number of aromatic nitrogens is 1. The Morgan fingerprint density at radius 1 is 0.724 bits per heavy atom. The zero-order valence-corrected chi connectivity index (χ0v) is 16.7. The summed E-state index contributed by atoms with van der Waals surface area (Å²) in [5.41, 5.74) is 11.3. The van der Waals surface area contributed by atoms with Crippen LogP contribution in [0.5, 0.6) is 0 Å².